The minimum Gasteiger partial charge on any atom is -0.465 e. The van der Waals surface area contributed by atoms with Crippen LogP contribution >= 0.6 is 28.4 Å². The Hall–Kier alpha value is -1.50. The Balaban J connectivity index is 1.66. The molecule has 1 atom stereocenters. The number of rotatable bonds is 5. The van der Waals surface area contributed by atoms with Crippen LogP contribution in [0.4, 0.5) is 0 Å². The van der Waals surface area contributed by atoms with Crippen LogP contribution in [-0.2, 0) is 4.74 Å². The maximum atomic E-state index is 6.02. The summed E-state index contributed by atoms with van der Waals surface area (Å²) in [5.74, 6) is 0.880. The van der Waals surface area contributed by atoms with E-state index in [2.05, 4.69) is 106 Å². The van der Waals surface area contributed by atoms with E-state index in [-0.39, 0.29) is 6.29 Å². The van der Waals surface area contributed by atoms with E-state index in [1.165, 1.54) is 21.1 Å². The number of benzene rings is 3. The van der Waals surface area contributed by atoms with E-state index < -0.39 is 7.20 Å². The minimum atomic E-state index is -1.34. The molecule has 27 heavy (non-hydrogen) atoms. The number of halogens is 1. The van der Waals surface area contributed by atoms with Crippen LogP contribution in [0, 0.1) is 0 Å². The van der Waals surface area contributed by atoms with Crippen molar-refractivity contribution < 1.29 is 9.47 Å². The standard InChI is InChI=1S/C23H23IO2S/c24-27(20-9-3-1-4-10-20,21-11-5-2-6-12-21)22-16-14-19(15-17-22)26-23-13-7-8-18-25-23/h1-6,9-12,14-17,23H,7-8,13,18H2. The molecule has 0 aliphatic carbocycles. The van der Waals surface area contributed by atoms with Crippen molar-refractivity contribution >= 4 is 28.4 Å². The molecule has 1 unspecified atom stereocenters. The lowest BCUT2D eigenvalue weighted by molar-refractivity contribution is -0.105. The van der Waals surface area contributed by atoms with Gasteiger partial charge in [-0.15, -0.1) is 7.20 Å². The van der Waals surface area contributed by atoms with Gasteiger partial charge in [0, 0.05) is 21.1 Å². The second kappa shape index (κ2) is 8.67. The first-order valence-electron chi connectivity index (χ1n) is 9.28. The van der Waals surface area contributed by atoms with E-state index >= 15 is 0 Å². The first-order valence-corrected chi connectivity index (χ1v) is 13.5. The number of ether oxygens (including phenoxy) is 2. The molecule has 0 N–H and O–H groups in total. The van der Waals surface area contributed by atoms with Crippen LogP contribution in [0.3, 0.4) is 0 Å². The molecular weight excluding hydrogens is 467 g/mol. The van der Waals surface area contributed by atoms with Gasteiger partial charge in [-0.3, -0.25) is 0 Å². The lowest BCUT2D eigenvalue weighted by Crippen LogP contribution is -2.24. The highest BCUT2D eigenvalue weighted by atomic mass is 127. The van der Waals surface area contributed by atoms with Gasteiger partial charge in [-0.25, -0.2) is 0 Å². The Bertz CT molecular complexity index is 807. The Morgan fingerprint density at radius 3 is 1.81 bits per heavy atom. The third-order valence-corrected chi connectivity index (χ3v) is 12.0. The first-order chi connectivity index (χ1) is 13.3. The second-order valence-electron chi connectivity index (χ2n) is 6.55. The quantitative estimate of drug-likeness (QED) is 0.352. The van der Waals surface area contributed by atoms with E-state index in [1.807, 2.05) is 0 Å². The van der Waals surface area contributed by atoms with Crippen molar-refractivity contribution in [2.24, 2.45) is 0 Å². The van der Waals surface area contributed by atoms with Gasteiger partial charge in [-0.2, -0.15) is 0 Å². The molecule has 0 radical (unpaired) electrons. The zero-order valence-electron chi connectivity index (χ0n) is 15.1. The smallest absolute Gasteiger partial charge is 0.199 e. The Labute approximate surface area is 174 Å². The molecule has 0 aromatic heterocycles. The SMILES string of the molecule is IS(c1ccccc1)(c1ccccc1)c1ccc(OC2CCCCO2)cc1. The van der Waals surface area contributed by atoms with Crippen molar-refractivity contribution in [3.8, 4) is 5.75 Å². The van der Waals surface area contributed by atoms with Crippen LogP contribution < -0.4 is 4.74 Å². The summed E-state index contributed by atoms with van der Waals surface area (Å²) < 4.78 is 11.7. The monoisotopic (exact) mass is 490 g/mol. The zero-order chi connectivity index (χ0) is 18.5. The molecule has 0 spiro atoms. The molecule has 1 fully saturated rings. The average Bonchev–Trinajstić information content (AvgIpc) is 2.76. The van der Waals surface area contributed by atoms with E-state index in [0.29, 0.717) is 0 Å². The van der Waals surface area contributed by atoms with E-state index in [0.717, 1.165) is 25.2 Å². The molecule has 4 rings (SSSR count). The Morgan fingerprint density at radius 1 is 0.741 bits per heavy atom. The predicted octanol–water partition coefficient (Wildman–Crippen LogP) is 7.22. The fourth-order valence-corrected chi connectivity index (χ4v) is 8.32. The molecule has 2 nitrogen and oxygen atoms in total. The Morgan fingerprint density at radius 2 is 1.30 bits per heavy atom. The van der Waals surface area contributed by atoms with Crippen molar-refractivity contribution in [1.82, 2.24) is 0 Å². The molecule has 1 saturated heterocycles. The first kappa shape index (κ1) is 18.8. The molecule has 1 heterocycles. The fraction of sp³-hybridized carbons (Fsp3) is 0.217. The third-order valence-electron chi connectivity index (χ3n) is 4.69. The van der Waals surface area contributed by atoms with Gasteiger partial charge in [0.05, 0.1) is 6.61 Å². The normalized spacial score (nSPS) is 18.0. The highest BCUT2D eigenvalue weighted by Crippen LogP contribution is 2.74. The summed E-state index contributed by atoms with van der Waals surface area (Å²) in [4.78, 5) is 4.01. The van der Waals surface area contributed by atoms with Crippen LogP contribution in [0.1, 0.15) is 19.3 Å². The fourth-order valence-electron chi connectivity index (χ4n) is 3.29. The molecule has 1 aliphatic rings. The lowest BCUT2D eigenvalue weighted by Gasteiger charge is -2.35. The van der Waals surface area contributed by atoms with Crippen LogP contribution in [-0.4, -0.2) is 12.9 Å². The molecule has 1 aliphatic heterocycles. The summed E-state index contributed by atoms with van der Waals surface area (Å²) in [6, 6.07) is 30.1. The molecule has 4 heteroatoms. The summed E-state index contributed by atoms with van der Waals surface area (Å²) in [6.07, 6.45) is 3.17. The number of hydrogen-bond donors (Lipinski definition) is 0. The molecule has 0 amide bonds. The highest BCUT2D eigenvalue weighted by Gasteiger charge is 2.28. The third kappa shape index (κ3) is 4.18. The van der Waals surface area contributed by atoms with Crippen molar-refractivity contribution in [3.05, 3.63) is 84.9 Å². The minimum absolute atomic E-state index is 0.107. The van der Waals surface area contributed by atoms with Gasteiger partial charge in [-0.1, -0.05) is 36.4 Å². The zero-order valence-corrected chi connectivity index (χ0v) is 18.1. The van der Waals surface area contributed by atoms with Gasteiger partial charge >= 0.3 is 0 Å². The van der Waals surface area contributed by atoms with Gasteiger partial charge in [0.15, 0.2) is 6.29 Å². The maximum Gasteiger partial charge on any atom is 0.199 e. The van der Waals surface area contributed by atoms with Crippen molar-refractivity contribution in [2.75, 3.05) is 6.61 Å². The van der Waals surface area contributed by atoms with Crippen LogP contribution in [0.2, 0.25) is 0 Å². The topological polar surface area (TPSA) is 18.5 Å². The van der Waals surface area contributed by atoms with Crippen molar-refractivity contribution in [3.63, 3.8) is 0 Å². The summed E-state index contributed by atoms with van der Waals surface area (Å²) in [5.41, 5.74) is 0. The lowest BCUT2D eigenvalue weighted by atomic mass is 10.2. The molecular formula is C23H23IO2S. The Kier molecular flexibility index (Phi) is 6.05. The van der Waals surface area contributed by atoms with Crippen LogP contribution in [0.15, 0.2) is 99.6 Å². The van der Waals surface area contributed by atoms with E-state index in [1.54, 1.807) is 0 Å². The predicted molar refractivity (Wildman–Crippen MR) is 120 cm³/mol. The molecule has 0 bridgehead atoms. The van der Waals surface area contributed by atoms with E-state index in [9.17, 15) is 0 Å². The van der Waals surface area contributed by atoms with E-state index in [4.69, 9.17) is 9.47 Å². The van der Waals surface area contributed by atoms with Crippen LogP contribution in [0.5, 0.6) is 5.75 Å². The van der Waals surface area contributed by atoms with Gasteiger partial charge in [0.1, 0.15) is 5.75 Å². The van der Waals surface area contributed by atoms with Gasteiger partial charge in [-0.05, 0) is 82.6 Å². The largest absolute Gasteiger partial charge is 0.465 e. The molecule has 3 aromatic carbocycles. The summed E-state index contributed by atoms with van der Waals surface area (Å²) >= 11 is 2.66. The van der Waals surface area contributed by atoms with Crippen molar-refractivity contribution in [1.29, 1.82) is 0 Å². The van der Waals surface area contributed by atoms with Gasteiger partial charge < -0.3 is 9.47 Å². The summed E-state index contributed by atoms with van der Waals surface area (Å²) in [5, 5.41) is 0. The van der Waals surface area contributed by atoms with Gasteiger partial charge in [0.2, 0.25) is 0 Å². The summed E-state index contributed by atoms with van der Waals surface area (Å²) in [7, 11) is -1.34. The molecule has 140 valence electrons. The van der Waals surface area contributed by atoms with Gasteiger partial charge in [0.25, 0.3) is 0 Å². The second-order valence-corrected chi connectivity index (χ2v) is 13.0. The molecule has 0 saturated carbocycles. The number of hydrogen-bond acceptors (Lipinski definition) is 2. The highest BCUT2D eigenvalue weighted by molar-refractivity contribution is 14.2. The average molecular weight is 490 g/mol. The molecule has 3 aromatic rings. The maximum absolute atomic E-state index is 6.02. The summed E-state index contributed by atoms with van der Waals surface area (Å²) in [6.45, 7) is 0.797. The van der Waals surface area contributed by atoms with Crippen molar-refractivity contribution in [2.45, 2.75) is 40.2 Å². The van der Waals surface area contributed by atoms with Crippen LogP contribution in [0.25, 0.3) is 0 Å².